The molecule has 1 saturated heterocycles. The normalized spacial score (nSPS) is 22.0. The lowest BCUT2D eigenvalue weighted by Gasteiger charge is -2.32. The molecule has 0 saturated carbocycles. The maximum Gasteiger partial charge on any atom is 0.212 e. The first kappa shape index (κ1) is 16.2. The summed E-state index contributed by atoms with van der Waals surface area (Å²) in [5.74, 6) is 0.678. The van der Waals surface area contributed by atoms with Gasteiger partial charge >= 0.3 is 0 Å². The van der Waals surface area contributed by atoms with Gasteiger partial charge in [0.1, 0.15) is 0 Å². The van der Waals surface area contributed by atoms with Gasteiger partial charge in [-0.15, -0.1) is 0 Å². The number of hydrogen-bond donors (Lipinski definition) is 1. The van der Waals surface area contributed by atoms with E-state index in [1.807, 2.05) is 0 Å². The average molecular weight is 314 g/mol. The molecule has 1 fully saturated rings. The van der Waals surface area contributed by atoms with Crippen LogP contribution in [-0.4, -0.2) is 49.3 Å². The average Bonchev–Trinajstić information content (AvgIpc) is 2.47. The largest absolute Gasteiger partial charge is 0.481 e. The van der Waals surface area contributed by atoms with Crippen LogP contribution in [0, 0.1) is 5.92 Å². The number of ether oxygens (including phenoxy) is 1. The van der Waals surface area contributed by atoms with Gasteiger partial charge in [-0.2, -0.15) is 0 Å². The third-order valence-corrected chi connectivity index (χ3v) is 5.13. The summed E-state index contributed by atoms with van der Waals surface area (Å²) in [4.78, 5) is 4.08. The zero-order valence-corrected chi connectivity index (χ0v) is 13.2. The second-order valence-electron chi connectivity index (χ2n) is 5.51. The van der Waals surface area contributed by atoms with Crippen molar-refractivity contribution >= 4 is 10.0 Å². The van der Waals surface area contributed by atoms with Crippen LogP contribution in [-0.2, 0) is 10.0 Å². The molecule has 1 aromatic rings. The molecular weight excluding hydrogens is 292 g/mol. The summed E-state index contributed by atoms with van der Waals surface area (Å²) in [6.45, 7) is 1.06. The zero-order valence-electron chi connectivity index (χ0n) is 12.4. The summed E-state index contributed by atoms with van der Waals surface area (Å²) in [5, 5.41) is 10.3. The summed E-state index contributed by atoms with van der Waals surface area (Å²) in [6, 6.07) is 3.50. The molecule has 0 aromatic carbocycles. The minimum atomic E-state index is -3.15. The van der Waals surface area contributed by atoms with Crippen LogP contribution in [0.15, 0.2) is 18.3 Å². The van der Waals surface area contributed by atoms with Crippen LogP contribution in [0.4, 0.5) is 0 Å². The van der Waals surface area contributed by atoms with Crippen molar-refractivity contribution in [2.75, 3.05) is 26.5 Å². The number of methoxy groups -OCH3 is 1. The molecule has 0 spiro atoms. The highest BCUT2D eigenvalue weighted by atomic mass is 32.2. The first-order valence-electron chi connectivity index (χ1n) is 7.03. The highest BCUT2D eigenvalue weighted by Crippen LogP contribution is 2.28. The molecule has 118 valence electrons. The Kier molecular flexibility index (Phi) is 5.18. The standard InChI is InChI=1S/C14H22N2O4S/c1-20-14-6-5-12(9-15-14)13(17)8-11-4-3-7-16(10-11)21(2,18)19/h5-6,9,11,13,17H,3-4,7-8,10H2,1-2H3. The third kappa shape index (κ3) is 4.39. The van der Waals surface area contributed by atoms with E-state index in [9.17, 15) is 13.5 Å². The van der Waals surface area contributed by atoms with E-state index in [-0.39, 0.29) is 5.92 Å². The fourth-order valence-corrected chi connectivity index (χ4v) is 3.62. The quantitative estimate of drug-likeness (QED) is 0.883. The van der Waals surface area contributed by atoms with Gasteiger partial charge in [0.25, 0.3) is 0 Å². The number of nitrogens with zero attached hydrogens (tertiary/aromatic N) is 2. The Morgan fingerprint density at radius 3 is 2.86 bits per heavy atom. The Morgan fingerprint density at radius 1 is 1.52 bits per heavy atom. The molecule has 21 heavy (non-hydrogen) atoms. The minimum absolute atomic E-state index is 0.172. The predicted molar refractivity (Wildman–Crippen MR) is 79.5 cm³/mol. The number of pyridine rings is 1. The SMILES string of the molecule is COc1ccc(C(O)CC2CCCN(S(C)(=O)=O)C2)cn1. The second kappa shape index (κ2) is 6.72. The lowest BCUT2D eigenvalue weighted by atomic mass is 9.91. The Hall–Kier alpha value is -1.18. The smallest absolute Gasteiger partial charge is 0.212 e. The van der Waals surface area contributed by atoms with Crippen molar-refractivity contribution in [3.63, 3.8) is 0 Å². The number of aliphatic hydroxyl groups excluding tert-OH is 1. The van der Waals surface area contributed by atoms with E-state index in [1.54, 1.807) is 25.4 Å². The molecule has 0 radical (unpaired) electrons. The topological polar surface area (TPSA) is 79.7 Å². The van der Waals surface area contributed by atoms with E-state index in [0.717, 1.165) is 18.4 Å². The molecule has 1 aliphatic rings. The van der Waals surface area contributed by atoms with Gasteiger partial charge in [0.15, 0.2) is 0 Å². The molecular formula is C14H22N2O4S. The maximum absolute atomic E-state index is 11.6. The van der Waals surface area contributed by atoms with Crippen molar-refractivity contribution in [3.8, 4) is 5.88 Å². The zero-order chi connectivity index (χ0) is 15.5. The van der Waals surface area contributed by atoms with E-state index in [0.29, 0.717) is 25.4 Å². The number of aliphatic hydroxyl groups is 1. The highest BCUT2D eigenvalue weighted by Gasteiger charge is 2.27. The first-order valence-corrected chi connectivity index (χ1v) is 8.88. The summed E-state index contributed by atoms with van der Waals surface area (Å²) in [7, 11) is -1.60. The van der Waals surface area contributed by atoms with E-state index in [4.69, 9.17) is 4.74 Å². The Labute approximate surface area is 125 Å². The molecule has 2 heterocycles. The fourth-order valence-electron chi connectivity index (χ4n) is 2.68. The number of rotatable bonds is 5. The second-order valence-corrected chi connectivity index (χ2v) is 7.50. The summed E-state index contributed by atoms with van der Waals surface area (Å²) >= 11 is 0. The predicted octanol–water partition coefficient (Wildman–Crippen LogP) is 1.19. The van der Waals surface area contributed by atoms with E-state index >= 15 is 0 Å². The van der Waals surface area contributed by atoms with Gasteiger partial charge in [-0.25, -0.2) is 17.7 Å². The van der Waals surface area contributed by atoms with Crippen molar-refractivity contribution in [1.29, 1.82) is 0 Å². The van der Waals surface area contributed by atoms with Crippen LogP contribution in [0.5, 0.6) is 5.88 Å². The molecule has 2 unspecified atom stereocenters. The molecule has 2 rings (SSSR count). The van der Waals surface area contributed by atoms with Gasteiger partial charge in [0.2, 0.25) is 15.9 Å². The van der Waals surface area contributed by atoms with Crippen LogP contribution in [0.25, 0.3) is 0 Å². The van der Waals surface area contributed by atoms with Gasteiger partial charge < -0.3 is 9.84 Å². The molecule has 0 aliphatic carbocycles. The van der Waals surface area contributed by atoms with Crippen LogP contribution >= 0.6 is 0 Å². The summed E-state index contributed by atoms with van der Waals surface area (Å²) in [6.07, 6.45) is 4.52. The Morgan fingerprint density at radius 2 is 2.29 bits per heavy atom. The first-order chi connectivity index (χ1) is 9.90. The van der Waals surface area contributed by atoms with Crippen LogP contribution < -0.4 is 4.74 Å². The third-order valence-electron chi connectivity index (χ3n) is 3.86. The minimum Gasteiger partial charge on any atom is -0.481 e. The van der Waals surface area contributed by atoms with E-state index in [2.05, 4.69) is 4.98 Å². The molecule has 0 amide bonds. The number of piperidine rings is 1. The number of aromatic nitrogens is 1. The monoisotopic (exact) mass is 314 g/mol. The van der Waals surface area contributed by atoms with Crippen LogP contribution in [0.3, 0.4) is 0 Å². The van der Waals surface area contributed by atoms with Gasteiger partial charge in [0, 0.05) is 25.4 Å². The summed E-state index contributed by atoms with van der Waals surface area (Å²) < 4.78 is 29.7. The highest BCUT2D eigenvalue weighted by molar-refractivity contribution is 7.88. The summed E-state index contributed by atoms with van der Waals surface area (Å²) in [5.41, 5.74) is 0.729. The molecule has 1 aromatic heterocycles. The molecule has 7 heteroatoms. The van der Waals surface area contributed by atoms with Gasteiger partial charge in [0.05, 0.1) is 19.5 Å². The van der Waals surface area contributed by atoms with Gasteiger partial charge in [-0.05, 0) is 36.8 Å². The molecule has 0 bridgehead atoms. The fraction of sp³-hybridized carbons (Fsp3) is 0.643. The van der Waals surface area contributed by atoms with E-state index < -0.39 is 16.1 Å². The maximum atomic E-state index is 11.6. The Bertz CT molecular complexity index is 559. The molecule has 1 N–H and O–H groups in total. The van der Waals surface area contributed by atoms with Crippen LogP contribution in [0.2, 0.25) is 0 Å². The lowest BCUT2D eigenvalue weighted by Crippen LogP contribution is -2.39. The van der Waals surface area contributed by atoms with Crippen LogP contribution in [0.1, 0.15) is 30.9 Å². The van der Waals surface area contributed by atoms with Gasteiger partial charge in [-0.1, -0.05) is 0 Å². The van der Waals surface area contributed by atoms with Crippen molar-refractivity contribution in [3.05, 3.63) is 23.9 Å². The van der Waals surface area contributed by atoms with Crippen molar-refractivity contribution < 1.29 is 18.3 Å². The van der Waals surface area contributed by atoms with Crippen molar-refractivity contribution in [2.45, 2.75) is 25.4 Å². The molecule has 1 aliphatic heterocycles. The number of hydrogen-bond acceptors (Lipinski definition) is 5. The van der Waals surface area contributed by atoms with Crippen molar-refractivity contribution in [2.24, 2.45) is 5.92 Å². The Balaban J connectivity index is 1.96. The molecule has 2 atom stereocenters. The lowest BCUT2D eigenvalue weighted by molar-refractivity contribution is 0.122. The molecule has 6 nitrogen and oxygen atoms in total. The van der Waals surface area contributed by atoms with E-state index in [1.165, 1.54) is 10.6 Å². The number of sulfonamides is 1. The van der Waals surface area contributed by atoms with Crippen molar-refractivity contribution in [1.82, 2.24) is 9.29 Å². The van der Waals surface area contributed by atoms with Gasteiger partial charge in [-0.3, -0.25) is 0 Å².